The monoisotopic (exact) mass is 332 g/mol. The summed E-state index contributed by atoms with van der Waals surface area (Å²) in [4.78, 5) is 20.5. The number of carbonyl (C=O) groups is 1. The number of fused-ring (bicyclic) bond motifs is 1. The first kappa shape index (κ1) is 14.4. The first-order valence-electron chi connectivity index (χ1n) is 8.10. The Morgan fingerprint density at radius 2 is 2.05 bits per heavy atom. The van der Waals surface area contributed by atoms with E-state index in [1.54, 1.807) is 22.7 Å². The molecule has 1 aliphatic heterocycles. The zero-order chi connectivity index (χ0) is 14.9. The number of hydrogen-bond donors (Lipinski definition) is 0. The van der Waals surface area contributed by atoms with Crippen LogP contribution in [0.2, 0.25) is 0 Å². The molecule has 2 aromatic heterocycles. The van der Waals surface area contributed by atoms with Crippen LogP contribution < -0.4 is 0 Å². The molecule has 0 bridgehead atoms. The van der Waals surface area contributed by atoms with Gasteiger partial charge in [0.2, 0.25) is 0 Å². The summed E-state index contributed by atoms with van der Waals surface area (Å²) in [6, 6.07) is 4.09. The summed E-state index contributed by atoms with van der Waals surface area (Å²) in [7, 11) is 0. The lowest BCUT2D eigenvalue weighted by Crippen LogP contribution is -2.44. The number of thiophene rings is 1. The van der Waals surface area contributed by atoms with Gasteiger partial charge in [0, 0.05) is 18.5 Å². The Morgan fingerprint density at radius 3 is 2.86 bits per heavy atom. The highest BCUT2D eigenvalue weighted by atomic mass is 32.1. The molecule has 1 saturated carbocycles. The molecule has 2 atom stereocenters. The van der Waals surface area contributed by atoms with Gasteiger partial charge in [-0.25, -0.2) is 4.98 Å². The van der Waals surface area contributed by atoms with Crippen LogP contribution in [0.3, 0.4) is 0 Å². The van der Waals surface area contributed by atoms with Gasteiger partial charge in [-0.15, -0.1) is 22.7 Å². The van der Waals surface area contributed by atoms with E-state index in [-0.39, 0.29) is 5.91 Å². The highest BCUT2D eigenvalue weighted by Gasteiger charge is 2.33. The summed E-state index contributed by atoms with van der Waals surface area (Å²) >= 11 is 3.25. The molecule has 0 N–H and O–H groups in total. The number of nitrogens with zero attached hydrogens (tertiary/aromatic N) is 2. The third-order valence-electron chi connectivity index (χ3n) is 5.03. The maximum absolute atomic E-state index is 12.7. The lowest BCUT2D eigenvalue weighted by Gasteiger charge is -2.41. The molecule has 5 heteroatoms. The van der Waals surface area contributed by atoms with Gasteiger partial charge in [-0.05, 0) is 36.1 Å². The standard InChI is InChI=1S/C17H20N2OS2/c20-17(14-11-22-16(18-14)15-6-3-9-21-15)19-8-7-12-4-1-2-5-13(12)10-19/h3,6,9,11-13H,1-2,4-5,7-8,10H2/t12-,13+/m0/s1. The number of hydrogen-bond acceptors (Lipinski definition) is 4. The molecule has 2 fully saturated rings. The summed E-state index contributed by atoms with van der Waals surface area (Å²) < 4.78 is 0. The second kappa shape index (κ2) is 6.13. The maximum Gasteiger partial charge on any atom is 0.273 e. The maximum atomic E-state index is 12.7. The lowest BCUT2D eigenvalue weighted by atomic mass is 9.75. The Balaban J connectivity index is 1.48. The minimum Gasteiger partial charge on any atom is -0.337 e. The van der Waals surface area contributed by atoms with Crippen LogP contribution in [0.15, 0.2) is 22.9 Å². The van der Waals surface area contributed by atoms with Gasteiger partial charge in [0.15, 0.2) is 0 Å². The van der Waals surface area contributed by atoms with E-state index < -0.39 is 0 Å². The largest absolute Gasteiger partial charge is 0.337 e. The van der Waals surface area contributed by atoms with Crippen molar-refractivity contribution in [3.8, 4) is 9.88 Å². The predicted molar refractivity (Wildman–Crippen MR) is 91.4 cm³/mol. The molecule has 116 valence electrons. The summed E-state index contributed by atoms with van der Waals surface area (Å²) in [6.07, 6.45) is 6.56. The topological polar surface area (TPSA) is 33.2 Å². The number of thiazole rings is 1. The molecule has 1 saturated heterocycles. The van der Waals surface area contributed by atoms with Crippen LogP contribution in [0, 0.1) is 11.8 Å². The van der Waals surface area contributed by atoms with Gasteiger partial charge in [-0.1, -0.05) is 25.3 Å². The summed E-state index contributed by atoms with van der Waals surface area (Å²) in [5.74, 6) is 1.71. The van der Waals surface area contributed by atoms with Gasteiger partial charge in [0.1, 0.15) is 10.7 Å². The van der Waals surface area contributed by atoms with E-state index in [2.05, 4.69) is 11.1 Å². The van der Waals surface area contributed by atoms with Crippen LogP contribution in [0.4, 0.5) is 0 Å². The number of likely N-dealkylation sites (tertiary alicyclic amines) is 1. The molecule has 22 heavy (non-hydrogen) atoms. The first-order chi connectivity index (χ1) is 10.8. The minimum absolute atomic E-state index is 0.128. The number of rotatable bonds is 2. The van der Waals surface area contributed by atoms with E-state index in [0.717, 1.165) is 34.8 Å². The van der Waals surface area contributed by atoms with Gasteiger partial charge < -0.3 is 4.90 Å². The fraction of sp³-hybridized carbons (Fsp3) is 0.529. The Bertz CT molecular complexity index is 649. The van der Waals surface area contributed by atoms with Crippen molar-refractivity contribution >= 4 is 28.6 Å². The molecular formula is C17H20N2OS2. The summed E-state index contributed by atoms with van der Waals surface area (Å²) in [5.41, 5.74) is 0.627. The van der Waals surface area contributed by atoms with Crippen molar-refractivity contribution in [3.05, 3.63) is 28.6 Å². The van der Waals surface area contributed by atoms with E-state index in [4.69, 9.17) is 0 Å². The Labute approximate surface area is 139 Å². The lowest BCUT2D eigenvalue weighted by molar-refractivity contribution is 0.0516. The normalized spacial score (nSPS) is 25.0. The SMILES string of the molecule is O=C(c1csc(-c2cccs2)n1)N1CC[C@@H]2CCCC[C@@H]2C1. The van der Waals surface area contributed by atoms with E-state index >= 15 is 0 Å². The quantitative estimate of drug-likeness (QED) is 0.810. The molecule has 2 aliphatic rings. The number of piperidine rings is 1. The Kier molecular flexibility index (Phi) is 4.01. The Morgan fingerprint density at radius 1 is 1.18 bits per heavy atom. The van der Waals surface area contributed by atoms with Crippen LogP contribution in [0.1, 0.15) is 42.6 Å². The molecule has 2 aromatic rings. The second-order valence-electron chi connectivity index (χ2n) is 6.36. The fourth-order valence-corrected chi connectivity index (χ4v) is 5.44. The highest BCUT2D eigenvalue weighted by Crippen LogP contribution is 2.36. The molecule has 3 heterocycles. The number of aromatic nitrogens is 1. The van der Waals surface area contributed by atoms with Gasteiger partial charge in [-0.3, -0.25) is 4.79 Å². The zero-order valence-electron chi connectivity index (χ0n) is 12.5. The van der Waals surface area contributed by atoms with Crippen molar-refractivity contribution in [1.29, 1.82) is 0 Å². The molecule has 0 radical (unpaired) electrons. The van der Waals surface area contributed by atoms with Crippen molar-refractivity contribution in [3.63, 3.8) is 0 Å². The van der Waals surface area contributed by atoms with Gasteiger partial charge >= 0.3 is 0 Å². The Hall–Kier alpha value is -1.20. The van der Waals surface area contributed by atoms with Crippen LogP contribution in [0.25, 0.3) is 9.88 Å². The number of amides is 1. The number of carbonyl (C=O) groups excluding carboxylic acids is 1. The summed E-state index contributed by atoms with van der Waals surface area (Å²) in [6.45, 7) is 1.85. The highest BCUT2D eigenvalue weighted by molar-refractivity contribution is 7.20. The van der Waals surface area contributed by atoms with Crippen LogP contribution in [0.5, 0.6) is 0 Å². The second-order valence-corrected chi connectivity index (χ2v) is 8.17. The van der Waals surface area contributed by atoms with Crippen molar-refractivity contribution in [1.82, 2.24) is 9.88 Å². The average molecular weight is 332 g/mol. The van der Waals surface area contributed by atoms with Crippen molar-refractivity contribution in [2.75, 3.05) is 13.1 Å². The molecular weight excluding hydrogens is 312 g/mol. The predicted octanol–water partition coefficient (Wildman–Crippen LogP) is 4.52. The van der Waals surface area contributed by atoms with Crippen LogP contribution in [-0.4, -0.2) is 28.9 Å². The summed E-state index contributed by atoms with van der Waals surface area (Å²) in [5, 5.41) is 4.93. The van der Waals surface area contributed by atoms with Gasteiger partial charge in [0.05, 0.1) is 4.88 Å². The minimum atomic E-state index is 0.128. The third-order valence-corrected chi connectivity index (χ3v) is 6.92. The van der Waals surface area contributed by atoms with Crippen molar-refractivity contribution < 1.29 is 4.79 Å². The molecule has 0 aromatic carbocycles. The van der Waals surface area contributed by atoms with Crippen LogP contribution >= 0.6 is 22.7 Å². The average Bonchev–Trinajstić information content (AvgIpc) is 3.24. The van der Waals surface area contributed by atoms with Crippen molar-refractivity contribution in [2.24, 2.45) is 11.8 Å². The van der Waals surface area contributed by atoms with E-state index in [1.165, 1.54) is 32.1 Å². The first-order valence-corrected chi connectivity index (χ1v) is 9.86. The molecule has 3 nitrogen and oxygen atoms in total. The van der Waals surface area contributed by atoms with Gasteiger partial charge in [-0.2, -0.15) is 0 Å². The van der Waals surface area contributed by atoms with Gasteiger partial charge in [0.25, 0.3) is 5.91 Å². The molecule has 0 unspecified atom stereocenters. The zero-order valence-corrected chi connectivity index (χ0v) is 14.2. The molecule has 1 aliphatic carbocycles. The van der Waals surface area contributed by atoms with E-state index in [1.807, 2.05) is 21.7 Å². The molecule has 4 rings (SSSR count). The van der Waals surface area contributed by atoms with Crippen LogP contribution in [-0.2, 0) is 0 Å². The smallest absolute Gasteiger partial charge is 0.273 e. The van der Waals surface area contributed by atoms with E-state index in [0.29, 0.717) is 5.69 Å². The molecule has 1 amide bonds. The fourth-order valence-electron chi connectivity index (χ4n) is 3.83. The van der Waals surface area contributed by atoms with E-state index in [9.17, 15) is 4.79 Å². The van der Waals surface area contributed by atoms with Crippen molar-refractivity contribution in [2.45, 2.75) is 32.1 Å². The third kappa shape index (κ3) is 2.72. The molecule has 0 spiro atoms.